The van der Waals surface area contributed by atoms with Crippen molar-refractivity contribution >= 4 is 21.1 Å². The van der Waals surface area contributed by atoms with Gasteiger partial charge in [-0.25, -0.2) is 18.1 Å². The van der Waals surface area contributed by atoms with Crippen LogP contribution in [0.4, 0.5) is 0 Å². The van der Waals surface area contributed by atoms with E-state index in [-0.39, 0.29) is 4.90 Å². The third-order valence-electron chi connectivity index (χ3n) is 5.67. The van der Waals surface area contributed by atoms with Gasteiger partial charge in [-0.3, -0.25) is 0 Å². The van der Waals surface area contributed by atoms with Gasteiger partial charge in [0.2, 0.25) is 10.0 Å². The molecule has 5 nitrogen and oxygen atoms in total. The van der Waals surface area contributed by atoms with Gasteiger partial charge in [0, 0.05) is 6.42 Å². The first-order chi connectivity index (χ1) is 14.1. The van der Waals surface area contributed by atoms with E-state index in [1.54, 1.807) is 12.1 Å². The quantitative estimate of drug-likeness (QED) is 0.557. The fourth-order valence-electron chi connectivity index (χ4n) is 4.18. The highest BCUT2D eigenvalue weighted by molar-refractivity contribution is 7.89. The number of hydrogen-bond acceptors (Lipinski definition) is 3. The second-order valence-electron chi connectivity index (χ2n) is 7.30. The zero-order valence-corrected chi connectivity index (χ0v) is 16.9. The van der Waals surface area contributed by atoms with E-state index in [1.165, 1.54) is 12.6 Å². The second kappa shape index (κ2) is 6.83. The molecule has 5 rings (SSSR count). The minimum absolute atomic E-state index is 0.263. The molecule has 2 heterocycles. The summed E-state index contributed by atoms with van der Waals surface area (Å²) in [6.45, 7) is 0. The van der Waals surface area contributed by atoms with Gasteiger partial charge in [-0.2, -0.15) is 0 Å². The van der Waals surface area contributed by atoms with Crippen molar-refractivity contribution in [3.05, 3.63) is 84.2 Å². The van der Waals surface area contributed by atoms with Crippen molar-refractivity contribution in [2.45, 2.75) is 23.8 Å². The van der Waals surface area contributed by atoms with Crippen LogP contribution in [-0.4, -0.2) is 25.0 Å². The third kappa shape index (κ3) is 3.05. The Bertz CT molecular complexity index is 1290. The summed E-state index contributed by atoms with van der Waals surface area (Å²) in [7, 11) is -2.02. The van der Waals surface area contributed by atoms with Crippen molar-refractivity contribution in [1.82, 2.24) is 14.3 Å². The summed E-state index contributed by atoms with van der Waals surface area (Å²) in [4.78, 5) is 5.10. The number of aryl methyl sites for hydroxylation is 1. The number of nitrogens with zero attached hydrogens (tertiary/aromatic N) is 2. The number of aromatic nitrogens is 2. The van der Waals surface area contributed by atoms with Gasteiger partial charge >= 0.3 is 0 Å². The summed E-state index contributed by atoms with van der Waals surface area (Å²) < 4.78 is 28.6. The smallest absolute Gasteiger partial charge is 0.240 e. The van der Waals surface area contributed by atoms with Crippen molar-refractivity contribution < 1.29 is 8.42 Å². The SMILES string of the molecule is CNS(=O)(=O)c1ccc(-c2ccc3nc4n(c3c2)C(c2ccccc2)CC4)cc1. The summed E-state index contributed by atoms with van der Waals surface area (Å²) in [5, 5.41) is 0. The van der Waals surface area contributed by atoms with Crippen molar-refractivity contribution in [2.75, 3.05) is 7.05 Å². The first kappa shape index (κ1) is 18.1. The van der Waals surface area contributed by atoms with Gasteiger partial charge in [0.15, 0.2) is 0 Å². The lowest BCUT2D eigenvalue weighted by Gasteiger charge is -2.15. The summed E-state index contributed by atoms with van der Waals surface area (Å²) in [5.41, 5.74) is 5.45. The lowest BCUT2D eigenvalue weighted by atomic mass is 10.0. The second-order valence-corrected chi connectivity index (χ2v) is 9.19. The molecule has 3 aromatic carbocycles. The van der Waals surface area contributed by atoms with Gasteiger partial charge in [-0.1, -0.05) is 48.5 Å². The summed E-state index contributed by atoms with van der Waals surface area (Å²) in [5.74, 6) is 1.13. The maximum absolute atomic E-state index is 12.0. The van der Waals surface area contributed by atoms with E-state index in [2.05, 4.69) is 45.7 Å². The molecule has 0 radical (unpaired) electrons. The molecule has 1 atom stereocenters. The molecule has 1 aromatic heterocycles. The maximum atomic E-state index is 12.0. The van der Waals surface area contributed by atoms with Crippen LogP contribution < -0.4 is 4.72 Å². The average molecular weight is 404 g/mol. The Hall–Kier alpha value is -2.96. The molecule has 0 spiro atoms. The lowest BCUT2D eigenvalue weighted by molar-refractivity contribution is 0.588. The predicted octanol–water partition coefficient (Wildman–Crippen LogP) is 4.15. The molecule has 0 aliphatic carbocycles. The monoisotopic (exact) mass is 403 g/mol. The average Bonchev–Trinajstić information content (AvgIpc) is 3.33. The fraction of sp³-hybridized carbons (Fsp3) is 0.174. The molecule has 0 saturated carbocycles. The fourth-order valence-corrected chi connectivity index (χ4v) is 4.91. The number of fused-ring (bicyclic) bond motifs is 3. The molecule has 1 N–H and O–H groups in total. The topological polar surface area (TPSA) is 64.0 Å². The van der Waals surface area contributed by atoms with E-state index < -0.39 is 10.0 Å². The van der Waals surface area contributed by atoms with E-state index in [0.29, 0.717) is 6.04 Å². The van der Waals surface area contributed by atoms with Gasteiger partial charge in [-0.05, 0) is 54.4 Å². The largest absolute Gasteiger partial charge is 0.320 e. The maximum Gasteiger partial charge on any atom is 0.240 e. The Balaban J connectivity index is 1.58. The molecule has 1 aliphatic rings. The molecule has 1 aliphatic heterocycles. The van der Waals surface area contributed by atoms with Crippen molar-refractivity contribution in [1.29, 1.82) is 0 Å². The molecular formula is C23H21N3O2S. The molecule has 1 unspecified atom stereocenters. The molecule has 0 amide bonds. The van der Waals surface area contributed by atoms with E-state index in [9.17, 15) is 8.42 Å². The van der Waals surface area contributed by atoms with Crippen LogP contribution in [0.25, 0.3) is 22.2 Å². The predicted molar refractivity (Wildman–Crippen MR) is 114 cm³/mol. The highest BCUT2D eigenvalue weighted by Gasteiger charge is 2.27. The van der Waals surface area contributed by atoms with E-state index in [1.807, 2.05) is 24.3 Å². The first-order valence-corrected chi connectivity index (χ1v) is 11.1. The molecule has 0 bridgehead atoms. The van der Waals surface area contributed by atoms with Crippen LogP contribution in [-0.2, 0) is 16.4 Å². The summed E-state index contributed by atoms with van der Waals surface area (Å²) >= 11 is 0. The van der Waals surface area contributed by atoms with Gasteiger partial charge in [0.1, 0.15) is 5.82 Å². The number of rotatable bonds is 4. The van der Waals surface area contributed by atoms with Crippen LogP contribution in [0.2, 0.25) is 0 Å². The van der Waals surface area contributed by atoms with Crippen molar-refractivity contribution in [2.24, 2.45) is 0 Å². The molecule has 0 saturated heterocycles. The van der Waals surface area contributed by atoms with Crippen LogP contribution in [0.5, 0.6) is 0 Å². The third-order valence-corrected chi connectivity index (χ3v) is 7.10. The van der Waals surface area contributed by atoms with Crippen molar-refractivity contribution in [3.63, 3.8) is 0 Å². The van der Waals surface area contributed by atoms with E-state index in [4.69, 9.17) is 4.98 Å². The van der Waals surface area contributed by atoms with Gasteiger partial charge in [0.05, 0.1) is 22.0 Å². The molecule has 0 fully saturated rings. The zero-order chi connectivity index (χ0) is 20.0. The Morgan fingerprint density at radius 1 is 0.966 bits per heavy atom. The summed E-state index contributed by atoms with van der Waals surface area (Å²) in [6, 6.07) is 24.1. The standard InChI is InChI=1S/C23H21N3O2S/c1-24-29(27,28)19-10-7-16(8-11-19)18-9-12-20-22(15-18)26-21(13-14-23(26)25-20)17-5-3-2-4-6-17/h2-12,15,21,24H,13-14H2,1H3. The first-order valence-electron chi connectivity index (χ1n) is 9.66. The highest BCUT2D eigenvalue weighted by Crippen LogP contribution is 2.36. The van der Waals surface area contributed by atoms with Gasteiger partial charge < -0.3 is 4.57 Å². The number of hydrogen-bond donors (Lipinski definition) is 1. The van der Waals surface area contributed by atoms with Crippen LogP contribution in [0.15, 0.2) is 77.7 Å². The van der Waals surface area contributed by atoms with E-state index in [0.717, 1.165) is 40.8 Å². The highest BCUT2D eigenvalue weighted by atomic mass is 32.2. The molecular weight excluding hydrogens is 382 g/mol. The molecule has 4 aromatic rings. The van der Waals surface area contributed by atoms with Crippen molar-refractivity contribution in [3.8, 4) is 11.1 Å². The Morgan fingerprint density at radius 3 is 2.41 bits per heavy atom. The van der Waals surface area contributed by atoms with Crippen LogP contribution >= 0.6 is 0 Å². The number of benzene rings is 3. The molecule has 6 heteroatoms. The van der Waals surface area contributed by atoms with Gasteiger partial charge in [-0.15, -0.1) is 0 Å². The van der Waals surface area contributed by atoms with Crippen LogP contribution in [0.3, 0.4) is 0 Å². The van der Waals surface area contributed by atoms with E-state index >= 15 is 0 Å². The van der Waals surface area contributed by atoms with Crippen LogP contribution in [0, 0.1) is 0 Å². The molecule has 29 heavy (non-hydrogen) atoms. The number of nitrogens with one attached hydrogen (secondary N) is 1. The van der Waals surface area contributed by atoms with Gasteiger partial charge in [0.25, 0.3) is 0 Å². The zero-order valence-electron chi connectivity index (χ0n) is 16.0. The normalized spacial score (nSPS) is 16.2. The lowest BCUT2D eigenvalue weighted by Crippen LogP contribution is -2.18. The number of sulfonamides is 1. The summed E-state index contributed by atoms with van der Waals surface area (Å²) in [6.07, 6.45) is 2.03. The van der Waals surface area contributed by atoms with Crippen LogP contribution in [0.1, 0.15) is 23.9 Å². The number of imidazole rings is 1. The Kier molecular flexibility index (Phi) is 4.26. The molecule has 146 valence electrons. The Labute approximate surface area is 170 Å². The Morgan fingerprint density at radius 2 is 1.69 bits per heavy atom. The minimum Gasteiger partial charge on any atom is -0.320 e. The minimum atomic E-state index is -3.43.